The maximum Gasteiger partial charge on any atom is 0.253 e. The van der Waals surface area contributed by atoms with E-state index in [2.05, 4.69) is 46.2 Å². The van der Waals surface area contributed by atoms with Crippen LogP contribution in [-0.2, 0) is 16.8 Å². The summed E-state index contributed by atoms with van der Waals surface area (Å²) in [4.78, 5) is 19.0. The van der Waals surface area contributed by atoms with E-state index in [1.165, 1.54) is 0 Å². The smallest absolute Gasteiger partial charge is 0.253 e. The molecule has 208 valence electrons. The molecule has 2 unspecified atom stereocenters. The zero-order valence-corrected chi connectivity index (χ0v) is 23.1. The van der Waals surface area contributed by atoms with Crippen LogP contribution in [0.4, 0.5) is 0 Å². The lowest BCUT2D eigenvalue weighted by atomic mass is 9.98. The first-order valence-corrected chi connectivity index (χ1v) is 13.3. The molecule has 0 spiro atoms. The van der Waals surface area contributed by atoms with Crippen LogP contribution < -0.4 is 15.0 Å². The number of tetrazole rings is 1. The number of ether oxygens (including phenoxy) is 3. The fraction of sp³-hybridized carbons (Fsp3) is 0.500. The normalized spacial score (nSPS) is 16.7. The van der Waals surface area contributed by atoms with Gasteiger partial charge in [0.25, 0.3) is 5.56 Å². The number of methoxy groups -OCH3 is 2. The summed E-state index contributed by atoms with van der Waals surface area (Å²) in [7, 11) is 3.16. The van der Waals surface area contributed by atoms with Crippen molar-refractivity contribution in [2.75, 3.05) is 27.4 Å². The van der Waals surface area contributed by atoms with Crippen LogP contribution in [0.1, 0.15) is 63.2 Å². The second-order valence-electron chi connectivity index (χ2n) is 10.5. The van der Waals surface area contributed by atoms with Gasteiger partial charge in [-0.25, -0.2) is 4.68 Å². The molecular formula is C28H36N6O5. The number of aromatic amines is 1. The summed E-state index contributed by atoms with van der Waals surface area (Å²) in [6.45, 7) is 8.01. The summed E-state index contributed by atoms with van der Waals surface area (Å²) in [6, 6.07) is 8.73. The standard InChI is InChI=1S/C28H36N6O5/c1-6-28(2,3)34-26(30-31-32-34)25(33(16-19-9-7-11-38-19)17-20-10-8-12-39-20)21-13-18-14-23(36-4)24(37-5)15-22(18)29-27(21)35/h7,9,11,13-15,20,25H,6,8,10,12,16-17H2,1-5H3,(H,29,35). The highest BCUT2D eigenvalue weighted by molar-refractivity contribution is 5.83. The molecule has 4 aromatic rings. The predicted molar refractivity (Wildman–Crippen MR) is 145 cm³/mol. The molecule has 1 saturated heterocycles. The van der Waals surface area contributed by atoms with Crippen LogP contribution in [0.15, 0.2) is 45.8 Å². The van der Waals surface area contributed by atoms with Gasteiger partial charge in [0.1, 0.15) is 11.8 Å². The van der Waals surface area contributed by atoms with Crippen molar-refractivity contribution < 1.29 is 18.6 Å². The average molecular weight is 537 g/mol. The molecule has 3 aromatic heterocycles. The third-order valence-corrected chi connectivity index (χ3v) is 7.61. The second kappa shape index (κ2) is 11.2. The number of nitrogens with one attached hydrogen (secondary N) is 1. The lowest BCUT2D eigenvalue weighted by Crippen LogP contribution is -2.41. The monoisotopic (exact) mass is 536 g/mol. The number of hydrogen-bond acceptors (Lipinski definition) is 9. The Morgan fingerprint density at radius 3 is 2.69 bits per heavy atom. The third kappa shape index (κ3) is 5.41. The molecule has 1 aliphatic heterocycles. The Morgan fingerprint density at radius 1 is 1.23 bits per heavy atom. The van der Waals surface area contributed by atoms with Crippen molar-refractivity contribution in [3.05, 3.63) is 64.1 Å². The van der Waals surface area contributed by atoms with E-state index in [4.69, 9.17) is 18.6 Å². The molecule has 11 heteroatoms. The second-order valence-corrected chi connectivity index (χ2v) is 10.5. The van der Waals surface area contributed by atoms with E-state index in [1.54, 1.807) is 26.5 Å². The van der Waals surface area contributed by atoms with E-state index in [0.717, 1.165) is 37.0 Å². The number of fused-ring (bicyclic) bond motifs is 1. The van der Waals surface area contributed by atoms with E-state index < -0.39 is 6.04 Å². The SMILES string of the molecule is CCC(C)(C)n1nnnc1C(c1cc2cc(OC)c(OC)cc2[nH]c1=O)N(Cc1ccco1)CC1CCCO1. The van der Waals surface area contributed by atoms with Gasteiger partial charge in [0.2, 0.25) is 0 Å². The summed E-state index contributed by atoms with van der Waals surface area (Å²) in [6.07, 6.45) is 4.42. The largest absolute Gasteiger partial charge is 0.493 e. The van der Waals surface area contributed by atoms with Gasteiger partial charge in [-0.1, -0.05) is 6.92 Å². The lowest BCUT2D eigenvalue weighted by Gasteiger charge is -2.34. The summed E-state index contributed by atoms with van der Waals surface area (Å²) in [5.41, 5.74) is 0.547. The Balaban J connectivity index is 1.71. The molecule has 11 nitrogen and oxygen atoms in total. The van der Waals surface area contributed by atoms with Crippen molar-refractivity contribution in [3.8, 4) is 11.5 Å². The van der Waals surface area contributed by atoms with Gasteiger partial charge in [-0.15, -0.1) is 5.10 Å². The molecule has 2 atom stereocenters. The minimum absolute atomic E-state index is 0.0230. The molecule has 4 heterocycles. The number of rotatable bonds is 11. The number of furan rings is 1. The first-order chi connectivity index (χ1) is 18.8. The summed E-state index contributed by atoms with van der Waals surface area (Å²) < 4.78 is 24.6. The molecule has 1 aliphatic rings. The highest BCUT2D eigenvalue weighted by atomic mass is 16.5. The molecule has 0 amide bonds. The molecular weight excluding hydrogens is 500 g/mol. The van der Waals surface area contributed by atoms with Crippen molar-refractivity contribution >= 4 is 10.9 Å². The van der Waals surface area contributed by atoms with Gasteiger partial charge in [0.15, 0.2) is 17.3 Å². The van der Waals surface area contributed by atoms with Gasteiger partial charge in [0, 0.05) is 30.2 Å². The highest BCUT2D eigenvalue weighted by Gasteiger charge is 2.36. The number of pyridine rings is 1. The van der Waals surface area contributed by atoms with Crippen molar-refractivity contribution in [2.45, 2.75) is 64.3 Å². The van der Waals surface area contributed by atoms with Gasteiger partial charge in [0.05, 0.1) is 44.2 Å². The van der Waals surface area contributed by atoms with Crippen LogP contribution in [0.25, 0.3) is 10.9 Å². The Morgan fingerprint density at radius 2 is 2.03 bits per heavy atom. The first-order valence-electron chi connectivity index (χ1n) is 13.3. The molecule has 0 saturated carbocycles. The maximum absolute atomic E-state index is 13.8. The zero-order valence-electron chi connectivity index (χ0n) is 23.1. The minimum atomic E-state index is -0.582. The Labute approximate surface area is 227 Å². The number of hydrogen-bond donors (Lipinski definition) is 1. The molecule has 0 aliphatic carbocycles. The van der Waals surface area contributed by atoms with Crippen LogP contribution >= 0.6 is 0 Å². The van der Waals surface area contributed by atoms with Crippen LogP contribution in [0.2, 0.25) is 0 Å². The van der Waals surface area contributed by atoms with Gasteiger partial charge < -0.3 is 23.6 Å². The van der Waals surface area contributed by atoms with Crippen LogP contribution in [0.3, 0.4) is 0 Å². The lowest BCUT2D eigenvalue weighted by molar-refractivity contribution is 0.0534. The highest BCUT2D eigenvalue weighted by Crippen LogP contribution is 2.35. The number of nitrogens with zero attached hydrogens (tertiary/aromatic N) is 5. The van der Waals surface area contributed by atoms with Crippen molar-refractivity contribution in [1.82, 2.24) is 30.1 Å². The molecule has 5 rings (SSSR count). The summed E-state index contributed by atoms with van der Waals surface area (Å²) >= 11 is 0. The summed E-state index contributed by atoms with van der Waals surface area (Å²) in [5, 5.41) is 13.8. The Hall–Kier alpha value is -3.70. The van der Waals surface area contributed by atoms with E-state index in [0.29, 0.717) is 41.5 Å². The van der Waals surface area contributed by atoms with Crippen LogP contribution in [0, 0.1) is 0 Å². The molecule has 39 heavy (non-hydrogen) atoms. The molecule has 1 N–H and O–H groups in total. The van der Waals surface area contributed by atoms with Crippen LogP contribution in [0.5, 0.6) is 11.5 Å². The fourth-order valence-corrected chi connectivity index (χ4v) is 5.11. The third-order valence-electron chi connectivity index (χ3n) is 7.61. The summed E-state index contributed by atoms with van der Waals surface area (Å²) in [5.74, 6) is 2.46. The maximum atomic E-state index is 13.8. The number of H-pyrrole nitrogens is 1. The molecule has 0 bridgehead atoms. The predicted octanol–water partition coefficient (Wildman–Crippen LogP) is 4.04. The van der Waals surface area contributed by atoms with Crippen LogP contribution in [-0.4, -0.2) is 63.6 Å². The fourth-order valence-electron chi connectivity index (χ4n) is 5.11. The van der Waals surface area contributed by atoms with E-state index in [-0.39, 0.29) is 17.2 Å². The topological polar surface area (TPSA) is 121 Å². The van der Waals surface area contributed by atoms with Crippen molar-refractivity contribution in [1.29, 1.82) is 0 Å². The van der Waals surface area contributed by atoms with E-state index in [1.807, 2.05) is 28.9 Å². The van der Waals surface area contributed by atoms with Gasteiger partial charge in [-0.3, -0.25) is 9.69 Å². The van der Waals surface area contributed by atoms with E-state index in [9.17, 15) is 4.79 Å². The zero-order chi connectivity index (χ0) is 27.6. The molecule has 1 aromatic carbocycles. The number of benzene rings is 1. The van der Waals surface area contributed by atoms with Gasteiger partial charge in [-0.2, -0.15) is 0 Å². The first kappa shape index (κ1) is 26.9. The molecule has 0 radical (unpaired) electrons. The average Bonchev–Trinajstić information content (AvgIpc) is 3.72. The van der Waals surface area contributed by atoms with E-state index >= 15 is 0 Å². The molecule has 1 fully saturated rings. The Kier molecular flexibility index (Phi) is 7.72. The van der Waals surface area contributed by atoms with Gasteiger partial charge in [-0.05, 0) is 67.8 Å². The number of aromatic nitrogens is 5. The van der Waals surface area contributed by atoms with Crippen molar-refractivity contribution in [3.63, 3.8) is 0 Å². The Bertz CT molecular complexity index is 1460. The van der Waals surface area contributed by atoms with Crippen molar-refractivity contribution in [2.24, 2.45) is 0 Å². The van der Waals surface area contributed by atoms with Gasteiger partial charge >= 0.3 is 0 Å². The minimum Gasteiger partial charge on any atom is -0.493 e. The quantitative estimate of drug-likeness (QED) is 0.303.